The van der Waals surface area contributed by atoms with Crippen LogP contribution >= 0.6 is 0 Å². The summed E-state index contributed by atoms with van der Waals surface area (Å²) < 4.78 is 0. The molecule has 0 unspecified atom stereocenters. The second-order valence-corrected chi connectivity index (χ2v) is 10.9. The fourth-order valence-corrected chi connectivity index (χ4v) is 3.83. The minimum absolute atomic E-state index is 0.00779. The minimum Gasteiger partial charge on any atom is -0.480 e. The Labute approximate surface area is 246 Å². The number of hydrogen-bond donors (Lipinski definition) is 9. The summed E-state index contributed by atoms with van der Waals surface area (Å²) in [5.74, 6) is -5.64. The van der Waals surface area contributed by atoms with Crippen molar-refractivity contribution < 1.29 is 38.7 Å². The summed E-state index contributed by atoms with van der Waals surface area (Å²) >= 11 is 0. The Morgan fingerprint density at radius 2 is 1.19 bits per heavy atom. The van der Waals surface area contributed by atoms with Gasteiger partial charge < -0.3 is 48.9 Å². The molecule has 0 bridgehead atoms. The number of nitrogens with two attached hydrogens (primary N) is 3. The van der Waals surface area contributed by atoms with Gasteiger partial charge >= 0.3 is 5.97 Å². The minimum atomic E-state index is -1.37. The molecular weight excluding hydrogens is 552 g/mol. The van der Waals surface area contributed by atoms with E-state index in [9.17, 15) is 38.7 Å². The van der Waals surface area contributed by atoms with Crippen molar-refractivity contribution in [3.63, 3.8) is 0 Å². The number of carbonyl (C=O) groups excluding carboxylic acids is 6. The highest BCUT2D eigenvalue weighted by Gasteiger charge is 2.27. The standard InChI is InChI=1S/C26H48N8O8/c1-14(2)9-16(28)23(38)34-18(11-20(29)35)25(40)31-12-21(36)32-17(7-5-6-8-27)24(39)30-13-22(37)33-19(26(41)42)10-15(3)4/h14-19H,5-13,27-28H2,1-4H3,(H2,29,35)(H,30,39)(H,31,40)(H,32,36)(H,33,37)(H,34,38)(H,41,42)/t16-,17-,18-,19-/m0/s1. The van der Waals surface area contributed by atoms with Crippen LogP contribution in [0, 0.1) is 11.8 Å². The number of carboxylic acid groups (broad SMARTS) is 1. The molecule has 0 rings (SSSR count). The number of hydrogen-bond acceptors (Lipinski definition) is 9. The summed E-state index contributed by atoms with van der Waals surface area (Å²) in [5, 5.41) is 21.1. The quantitative estimate of drug-likeness (QED) is 0.0609. The van der Waals surface area contributed by atoms with E-state index in [1.807, 2.05) is 13.8 Å². The largest absolute Gasteiger partial charge is 0.480 e. The van der Waals surface area contributed by atoms with E-state index >= 15 is 0 Å². The molecule has 0 fully saturated rings. The summed E-state index contributed by atoms with van der Waals surface area (Å²) in [4.78, 5) is 85.4. The number of amides is 6. The van der Waals surface area contributed by atoms with Crippen molar-refractivity contribution in [3.8, 4) is 0 Å². The summed E-state index contributed by atoms with van der Waals surface area (Å²) in [7, 11) is 0. The number of primary amides is 1. The Morgan fingerprint density at radius 1 is 0.690 bits per heavy atom. The van der Waals surface area contributed by atoms with Crippen molar-refractivity contribution in [2.45, 2.75) is 90.4 Å². The lowest BCUT2D eigenvalue weighted by Crippen LogP contribution is -2.55. The Hall–Kier alpha value is -3.79. The van der Waals surface area contributed by atoms with Gasteiger partial charge in [-0.25, -0.2) is 4.79 Å². The first-order valence-corrected chi connectivity index (χ1v) is 14.0. The third kappa shape index (κ3) is 17.1. The number of nitrogens with one attached hydrogen (secondary N) is 5. The van der Waals surface area contributed by atoms with Crippen LogP contribution in [0.4, 0.5) is 0 Å². The molecule has 0 aliphatic heterocycles. The van der Waals surface area contributed by atoms with Gasteiger partial charge in [0.2, 0.25) is 35.4 Å². The second-order valence-electron chi connectivity index (χ2n) is 10.9. The molecule has 0 heterocycles. The molecule has 6 amide bonds. The predicted molar refractivity (Wildman–Crippen MR) is 153 cm³/mol. The summed E-state index contributed by atoms with van der Waals surface area (Å²) in [6.07, 6.45) is 1.20. The van der Waals surface area contributed by atoms with Gasteiger partial charge in [0.15, 0.2) is 0 Å². The molecule has 16 nitrogen and oxygen atoms in total. The zero-order valence-corrected chi connectivity index (χ0v) is 24.9. The van der Waals surface area contributed by atoms with Crippen LogP contribution in [-0.4, -0.2) is 90.3 Å². The van der Waals surface area contributed by atoms with Crippen LogP contribution in [-0.2, 0) is 33.6 Å². The highest BCUT2D eigenvalue weighted by molar-refractivity contribution is 5.96. The maximum absolute atomic E-state index is 12.8. The lowest BCUT2D eigenvalue weighted by atomic mass is 10.0. The molecule has 0 aromatic rings. The summed E-state index contributed by atoms with van der Waals surface area (Å²) in [6, 6.07) is -4.49. The molecule has 0 aromatic carbocycles. The molecule has 0 radical (unpaired) electrons. The van der Waals surface area contributed by atoms with E-state index in [2.05, 4.69) is 26.6 Å². The van der Waals surface area contributed by atoms with Crippen LogP contribution in [0.5, 0.6) is 0 Å². The second kappa shape index (κ2) is 20.1. The van der Waals surface area contributed by atoms with E-state index < -0.39 is 85.1 Å². The molecule has 0 spiro atoms. The summed E-state index contributed by atoms with van der Waals surface area (Å²) in [5.41, 5.74) is 16.5. The zero-order valence-electron chi connectivity index (χ0n) is 24.9. The molecule has 240 valence electrons. The van der Waals surface area contributed by atoms with Crippen LogP contribution in [0.1, 0.15) is 66.2 Å². The Balaban J connectivity index is 5.17. The Bertz CT molecular complexity index is 943. The van der Waals surface area contributed by atoms with E-state index in [-0.39, 0.29) is 24.7 Å². The number of unbranched alkanes of at least 4 members (excludes halogenated alkanes) is 1. The van der Waals surface area contributed by atoms with Crippen molar-refractivity contribution >= 4 is 41.4 Å². The van der Waals surface area contributed by atoms with Crippen molar-refractivity contribution in [3.05, 3.63) is 0 Å². The van der Waals surface area contributed by atoms with Crippen molar-refractivity contribution in [1.29, 1.82) is 0 Å². The molecule has 12 N–H and O–H groups in total. The first kappa shape index (κ1) is 38.2. The molecule has 0 aliphatic rings. The molecule has 0 saturated carbocycles. The first-order valence-electron chi connectivity index (χ1n) is 14.0. The van der Waals surface area contributed by atoms with Gasteiger partial charge in [0.25, 0.3) is 0 Å². The van der Waals surface area contributed by atoms with Gasteiger partial charge in [-0.2, -0.15) is 0 Å². The first-order chi connectivity index (χ1) is 19.6. The van der Waals surface area contributed by atoms with Gasteiger partial charge in [0.05, 0.1) is 25.6 Å². The van der Waals surface area contributed by atoms with Gasteiger partial charge in [-0.3, -0.25) is 28.8 Å². The van der Waals surface area contributed by atoms with E-state index in [1.54, 1.807) is 13.8 Å². The molecule has 16 heteroatoms. The highest BCUT2D eigenvalue weighted by atomic mass is 16.4. The van der Waals surface area contributed by atoms with Crippen LogP contribution in [0.2, 0.25) is 0 Å². The van der Waals surface area contributed by atoms with Crippen LogP contribution in [0.25, 0.3) is 0 Å². The van der Waals surface area contributed by atoms with Crippen molar-refractivity contribution in [1.82, 2.24) is 26.6 Å². The maximum atomic E-state index is 12.8. The maximum Gasteiger partial charge on any atom is 0.326 e. The van der Waals surface area contributed by atoms with Gasteiger partial charge in [-0.1, -0.05) is 27.7 Å². The van der Waals surface area contributed by atoms with Crippen LogP contribution < -0.4 is 43.8 Å². The highest BCUT2D eigenvalue weighted by Crippen LogP contribution is 2.06. The van der Waals surface area contributed by atoms with E-state index in [0.717, 1.165) is 0 Å². The third-order valence-corrected chi connectivity index (χ3v) is 5.89. The number of rotatable bonds is 21. The normalized spacial score (nSPS) is 13.8. The molecule has 42 heavy (non-hydrogen) atoms. The number of carbonyl (C=O) groups is 7. The van der Waals surface area contributed by atoms with Gasteiger partial charge in [-0.05, 0) is 50.5 Å². The number of aliphatic carboxylic acids is 1. The molecular formula is C26H48N8O8. The molecule has 0 saturated heterocycles. The molecule has 0 aliphatic carbocycles. The van der Waals surface area contributed by atoms with Gasteiger partial charge in [0.1, 0.15) is 18.1 Å². The Morgan fingerprint density at radius 3 is 1.64 bits per heavy atom. The lowest BCUT2D eigenvalue weighted by Gasteiger charge is -2.21. The molecule has 0 aromatic heterocycles. The predicted octanol–water partition coefficient (Wildman–Crippen LogP) is -2.82. The smallest absolute Gasteiger partial charge is 0.326 e. The average Bonchev–Trinajstić information content (AvgIpc) is 2.88. The Kier molecular flexibility index (Phi) is 18.3. The van der Waals surface area contributed by atoms with Gasteiger partial charge in [-0.15, -0.1) is 0 Å². The summed E-state index contributed by atoms with van der Waals surface area (Å²) in [6.45, 7) is 6.56. The lowest BCUT2D eigenvalue weighted by molar-refractivity contribution is -0.142. The fraction of sp³-hybridized carbons (Fsp3) is 0.731. The van der Waals surface area contributed by atoms with Crippen molar-refractivity contribution in [2.24, 2.45) is 29.0 Å². The van der Waals surface area contributed by atoms with E-state index in [4.69, 9.17) is 17.2 Å². The monoisotopic (exact) mass is 600 g/mol. The van der Waals surface area contributed by atoms with E-state index in [0.29, 0.717) is 25.8 Å². The van der Waals surface area contributed by atoms with E-state index in [1.165, 1.54) is 0 Å². The zero-order chi connectivity index (χ0) is 32.4. The average molecular weight is 601 g/mol. The third-order valence-electron chi connectivity index (χ3n) is 5.89. The topological polar surface area (TPSA) is 278 Å². The van der Waals surface area contributed by atoms with Crippen LogP contribution in [0.3, 0.4) is 0 Å². The fourth-order valence-electron chi connectivity index (χ4n) is 3.83. The van der Waals surface area contributed by atoms with Crippen molar-refractivity contribution in [2.75, 3.05) is 19.6 Å². The SMILES string of the molecule is CC(C)C[C@H](NC(=O)CNC(=O)[C@H](CCCCN)NC(=O)CNC(=O)[C@H](CC(N)=O)NC(=O)[C@@H](N)CC(C)C)C(=O)O. The molecule has 4 atom stereocenters. The number of carboxylic acids is 1. The van der Waals surface area contributed by atoms with Crippen LogP contribution in [0.15, 0.2) is 0 Å². The van der Waals surface area contributed by atoms with Gasteiger partial charge in [0, 0.05) is 0 Å².